The molecular formula is C16H17N5O2S2. The first-order chi connectivity index (χ1) is 12.3. The number of nitrogens with one attached hydrogen (secondary N) is 2. The van der Waals surface area contributed by atoms with Crippen molar-refractivity contribution in [3.05, 3.63) is 40.3 Å². The molecule has 4 rings (SSSR count). The Labute approximate surface area is 152 Å². The van der Waals surface area contributed by atoms with Crippen LogP contribution in [-0.4, -0.2) is 52.3 Å². The Morgan fingerprint density at radius 2 is 2.24 bits per heavy atom. The molecule has 0 bridgehead atoms. The van der Waals surface area contributed by atoms with Gasteiger partial charge in [-0.05, 0) is 17.5 Å². The molecule has 1 aliphatic heterocycles. The van der Waals surface area contributed by atoms with Crippen molar-refractivity contribution in [3.8, 4) is 10.6 Å². The molecule has 3 aromatic rings. The second-order valence-electron chi connectivity index (χ2n) is 5.63. The zero-order valence-electron chi connectivity index (χ0n) is 13.4. The number of carbonyl (C=O) groups excluding carboxylic acids is 1. The molecule has 1 amide bonds. The van der Waals surface area contributed by atoms with Gasteiger partial charge in [-0.2, -0.15) is 5.10 Å². The predicted molar refractivity (Wildman–Crippen MR) is 98.1 cm³/mol. The Kier molecular flexibility index (Phi) is 4.88. The summed E-state index contributed by atoms with van der Waals surface area (Å²) >= 11 is 3.03. The molecule has 0 aliphatic carbocycles. The van der Waals surface area contributed by atoms with Crippen molar-refractivity contribution in [1.82, 2.24) is 20.1 Å². The third-order valence-electron chi connectivity index (χ3n) is 3.86. The fourth-order valence-electron chi connectivity index (χ4n) is 2.58. The lowest BCUT2D eigenvalue weighted by atomic mass is 10.3. The van der Waals surface area contributed by atoms with Crippen molar-refractivity contribution in [1.29, 1.82) is 0 Å². The van der Waals surface area contributed by atoms with Gasteiger partial charge in [0, 0.05) is 25.0 Å². The first-order valence-corrected chi connectivity index (χ1v) is 9.69. The maximum atomic E-state index is 12.3. The number of hydrogen-bond donors (Lipinski definition) is 2. The van der Waals surface area contributed by atoms with Gasteiger partial charge in [0.2, 0.25) is 0 Å². The van der Waals surface area contributed by atoms with Crippen molar-refractivity contribution in [3.63, 3.8) is 0 Å². The number of carbonyl (C=O) groups is 1. The molecule has 2 N–H and O–H groups in total. The Hall–Kier alpha value is -2.07. The summed E-state index contributed by atoms with van der Waals surface area (Å²) in [4.78, 5) is 20.2. The van der Waals surface area contributed by atoms with Crippen LogP contribution in [0.2, 0.25) is 0 Å². The number of rotatable bonds is 5. The molecule has 0 spiro atoms. The number of thiazole rings is 1. The number of nitrogens with zero attached hydrogens (tertiary/aromatic N) is 3. The number of aromatic nitrogens is 3. The van der Waals surface area contributed by atoms with E-state index in [1.54, 1.807) is 17.4 Å². The fraction of sp³-hybridized carbons (Fsp3) is 0.312. The second kappa shape index (κ2) is 7.44. The molecular weight excluding hydrogens is 358 g/mol. The number of hydrogen-bond acceptors (Lipinski definition) is 7. The van der Waals surface area contributed by atoms with E-state index in [0.29, 0.717) is 10.8 Å². The second-order valence-corrected chi connectivity index (χ2v) is 7.44. The van der Waals surface area contributed by atoms with Crippen LogP contribution in [-0.2, 0) is 11.3 Å². The third kappa shape index (κ3) is 3.96. The topological polar surface area (TPSA) is 83.1 Å². The third-order valence-corrected chi connectivity index (χ3v) is 5.57. The van der Waals surface area contributed by atoms with Crippen LogP contribution in [0.3, 0.4) is 0 Å². The summed E-state index contributed by atoms with van der Waals surface area (Å²) in [6.45, 7) is 4.13. The van der Waals surface area contributed by atoms with E-state index in [2.05, 4.69) is 25.4 Å². The number of anilines is 1. The molecule has 1 saturated heterocycles. The predicted octanol–water partition coefficient (Wildman–Crippen LogP) is 2.68. The number of H-pyrrole nitrogens is 1. The summed E-state index contributed by atoms with van der Waals surface area (Å²) in [5.41, 5.74) is 2.16. The van der Waals surface area contributed by atoms with Gasteiger partial charge < -0.3 is 4.74 Å². The maximum Gasteiger partial charge on any atom is 0.277 e. The van der Waals surface area contributed by atoms with E-state index >= 15 is 0 Å². The monoisotopic (exact) mass is 375 g/mol. The molecule has 9 heteroatoms. The van der Waals surface area contributed by atoms with Gasteiger partial charge in [0.05, 0.1) is 29.5 Å². The van der Waals surface area contributed by atoms with E-state index in [-0.39, 0.29) is 5.91 Å². The van der Waals surface area contributed by atoms with Gasteiger partial charge in [0.15, 0.2) is 10.8 Å². The molecule has 1 aliphatic rings. The highest BCUT2D eigenvalue weighted by atomic mass is 32.1. The van der Waals surface area contributed by atoms with E-state index in [0.717, 1.165) is 49.1 Å². The normalized spacial score (nSPS) is 15.4. The van der Waals surface area contributed by atoms with E-state index in [9.17, 15) is 4.79 Å². The highest BCUT2D eigenvalue weighted by Gasteiger charge is 2.16. The lowest BCUT2D eigenvalue weighted by molar-refractivity contribution is 0.0337. The Balaban J connectivity index is 1.38. The lowest BCUT2D eigenvalue weighted by Crippen LogP contribution is -2.35. The molecule has 7 nitrogen and oxygen atoms in total. The molecule has 0 saturated carbocycles. The van der Waals surface area contributed by atoms with E-state index in [4.69, 9.17) is 4.74 Å². The lowest BCUT2D eigenvalue weighted by Gasteiger charge is -2.25. The Morgan fingerprint density at radius 3 is 3.04 bits per heavy atom. The van der Waals surface area contributed by atoms with Gasteiger partial charge in [-0.25, -0.2) is 4.98 Å². The smallest absolute Gasteiger partial charge is 0.277 e. The van der Waals surface area contributed by atoms with E-state index in [1.807, 2.05) is 22.9 Å². The van der Waals surface area contributed by atoms with Crippen LogP contribution >= 0.6 is 22.7 Å². The summed E-state index contributed by atoms with van der Waals surface area (Å²) in [6, 6.07) is 5.70. The van der Waals surface area contributed by atoms with Crippen molar-refractivity contribution in [2.75, 3.05) is 31.6 Å². The standard InChI is InChI=1S/C16H17N5O2S2/c22-15(13-8-12(19-20-13)14-2-1-7-24-14)18-16-17-11(10-25-16)9-21-3-5-23-6-4-21/h1-2,7-8,10H,3-6,9H2,(H,19,20)(H,17,18,22). The largest absolute Gasteiger partial charge is 0.379 e. The van der Waals surface area contributed by atoms with Gasteiger partial charge in [-0.15, -0.1) is 22.7 Å². The Bertz CT molecular complexity index is 836. The molecule has 0 atom stereocenters. The Morgan fingerprint density at radius 1 is 1.36 bits per heavy atom. The quantitative estimate of drug-likeness (QED) is 0.716. The minimum absolute atomic E-state index is 0.258. The van der Waals surface area contributed by atoms with Crippen molar-refractivity contribution >= 4 is 33.7 Å². The highest BCUT2D eigenvalue weighted by molar-refractivity contribution is 7.14. The van der Waals surface area contributed by atoms with E-state index in [1.165, 1.54) is 11.3 Å². The van der Waals surface area contributed by atoms with Crippen LogP contribution in [0.15, 0.2) is 29.0 Å². The average Bonchev–Trinajstić information content (AvgIpc) is 3.37. The molecule has 4 heterocycles. The first-order valence-electron chi connectivity index (χ1n) is 7.93. The number of morpholine rings is 1. The SMILES string of the molecule is O=C(Nc1nc(CN2CCOCC2)cs1)c1cc(-c2cccs2)[nH]n1. The average molecular weight is 375 g/mol. The van der Waals surface area contributed by atoms with Gasteiger partial charge in [0.25, 0.3) is 5.91 Å². The van der Waals surface area contributed by atoms with Crippen molar-refractivity contribution in [2.24, 2.45) is 0 Å². The van der Waals surface area contributed by atoms with E-state index < -0.39 is 0 Å². The van der Waals surface area contributed by atoms with Crippen LogP contribution in [0.1, 0.15) is 16.2 Å². The van der Waals surface area contributed by atoms with Crippen molar-refractivity contribution < 1.29 is 9.53 Å². The van der Waals surface area contributed by atoms with Crippen LogP contribution in [0.25, 0.3) is 10.6 Å². The van der Waals surface area contributed by atoms with Crippen LogP contribution in [0, 0.1) is 0 Å². The van der Waals surface area contributed by atoms with Gasteiger partial charge in [0.1, 0.15) is 0 Å². The summed E-state index contributed by atoms with van der Waals surface area (Å²) in [5, 5.41) is 14.4. The molecule has 0 aromatic carbocycles. The molecule has 0 radical (unpaired) electrons. The molecule has 1 fully saturated rings. The minimum Gasteiger partial charge on any atom is -0.379 e. The van der Waals surface area contributed by atoms with Gasteiger partial charge >= 0.3 is 0 Å². The highest BCUT2D eigenvalue weighted by Crippen LogP contribution is 2.23. The zero-order valence-corrected chi connectivity index (χ0v) is 15.0. The molecule has 130 valence electrons. The number of ether oxygens (including phenoxy) is 1. The summed E-state index contributed by atoms with van der Waals surface area (Å²) in [6.07, 6.45) is 0. The van der Waals surface area contributed by atoms with Crippen LogP contribution in [0.5, 0.6) is 0 Å². The summed E-state index contributed by atoms with van der Waals surface area (Å²) < 4.78 is 5.35. The molecule has 25 heavy (non-hydrogen) atoms. The van der Waals surface area contributed by atoms with Crippen molar-refractivity contribution in [2.45, 2.75) is 6.54 Å². The summed E-state index contributed by atoms with van der Waals surface area (Å²) in [7, 11) is 0. The van der Waals surface area contributed by atoms with Crippen LogP contribution < -0.4 is 5.32 Å². The van der Waals surface area contributed by atoms with Gasteiger partial charge in [-0.3, -0.25) is 20.1 Å². The number of thiophene rings is 1. The minimum atomic E-state index is -0.258. The first kappa shape index (κ1) is 16.4. The van der Waals surface area contributed by atoms with Gasteiger partial charge in [-0.1, -0.05) is 6.07 Å². The summed E-state index contributed by atoms with van der Waals surface area (Å²) in [5.74, 6) is -0.258. The molecule has 3 aromatic heterocycles. The maximum absolute atomic E-state index is 12.3. The van der Waals surface area contributed by atoms with Crippen LogP contribution in [0.4, 0.5) is 5.13 Å². The number of amides is 1. The molecule has 0 unspecified atom stereocenters. The zero-order chi connectivity index (χ0) is 17.1. The fourth-order valence-corrected chi connectivity index (χ4v) is 3.97. The number of aromatic amines is 1.